The van der Waals surface area contributed by atoms with Crippen LogP contribution in [0.4, 0.5) is 13.2 Å². The van der Waals surface area contributed by atoms with Crippen molar-refractivity contribution in [2.75, 3.05) is 13.2 Å². The Kier molecular flexibility index (Phi) is 3.13. The first-order valence-corrected chi connectivity index (χ1v) is 3.85. The number of ether oxygens (including phenoxy) is 2. The zero-order valence-electron chi connectivity index (χ0n) is 6.76. The van der Waals surface area contributed by atoms with Gasteiger partial charge >= 0.3 is 12.1 Å². The Morgan fingerprint density at radius 2 is 2.23 bits per heavy atom. The second-order valence-corrected chi connectivity index (χ2v) is 2.73. The first kappa shape index (κ1) is 10.3. The standard InChI is InChI=1S/C7H9F3O3/c8-7(9,10)6(11)13-4-5-2-1-3-12-5/h5H,1-4H2/t5-/m0/s1. The number of rotatable bonds is 2. The molecule has 1 heterocycles. The minimum absolute atomic E-state index is 0.307. The van der Waals surface area contributed by atoms with Crippen LogP contribution in [-0.2, 0) is 14.3 Å². The Bertz CT molecular complexity index is 184. The molecule has 0 spiro atoms. The van der Waals surface area contributed by atoms with Gasteiger partial charge in [-0.3, -0.25) is 0 Å². The highest BCUT2D eigenvalue weighted by Gasteiger charge is 2.41. The average molecular weight is 198 g/mol. The number of hydrogen-bond donors (Lipinski definition) is 0. The van der Waals surface area contributed by atoms with E-state index in [-0.39, 0.29) is 12.7 Å². The summed E-state index contributed by atoms with van der Waals surface area (Å²) >= 11 is 0. The van der Waals surface area contributed by atoms with Gasteiger partial charge in [-0.1, -0.05) is 0 Å². The minimum atomic E-state index is -4.90. The molecule has 76 valence electrons. The molecule has 0 bridgehead atoms. The zero-order valence-corrected chi connectivity index (χ0v) is 6.76. The fraction of sp³-hybridized carbons (Fsp3) is 0.857. The van der Waals surface area contributed by atoms with Crippen LogP contribution in [-0.4, -0.2) is 31.5 Å². The quantitative estimate of drug-likeness (QED) is 0.627. The first-order valence-electron chi connectivity index (χ1n) is 3.85. The van der Waals surface area contributed by atoms with Crippen molar-refractivity contribution in [3.63, 3.8) is 0 Å². The van der Waals surface area contributed by atoms with Gasteiger partial charge < -0.3 is 9.47 Å². The van der Waals surface area contributed by atoms with E-state index in [0.29, 0.717) is 13.0 Å². The van der Waals surface area contributed by atoms with Crippen LogP contribution in [0.5, 0.6) is 0 Å². The van der Waals surface area contributed by atoms with E-state index >= 15 is 0 Å². The summed E-state index contributed by atoms with van der Waals surface area (Å²) in [7, 11) is 0. The highest BCUT2D eigenvalue weighted by Crippen LogP contribution is 2.18. The van der Waals surface area contributed by atoms with E-state index in [1.54, 1.807) is 0 Å². The summed E-state index contributed by atoms with van der Waals surface area (Å²) in [5, 5.41) is 0. The molecule has 0 aromatic carbocycles. The molecule has 0 N–H and O–H groups in total. The molecule has 1 aliphatic rings. The fourth-order valence-electron chi connectivity index (χ4n) is 1.03. The SMILES string of the molecule is O=C(OC[C@@H]1CCCO1)C(F)(F)F. The lowest BCUT2D eigenvalue weighted by Gasteiger charge is -2.11. The second-order valence-electron chi connectivity index (χ2n) is 2.73. The largest absolute Gasteiger partial charge is 0.490 e. The van der Waals surface area contributed by atoms with Crippen molar-refractivity contribution in [3.05, 3.63) is 0 Å². The highest BCUT2D eigenvalue weighted by molar-refractivity contribution is 5.75. The van der Waals surface area contributed by atoms with Crippen LogP contribution >= 0.6 is 0 Å². The van der Waals surface area contributed by atoms with Crippen molar-refractivity contribution in [2.45, 2.75) is 25.1 Å². The van der Waals surface area contributed by atoms with Gasteiger partial charge in [0.25, 0.3) is 0 Å². The maximum absolute atomic E-state index is 11.6. The van der Waals surface area contributed by atoms with Gasteiger partial charge in [-0.25, -0.2) is 4.79 Å². The van der Waals surface area contributed by atoms with Gasteiger partial charge in [-0.05, 0) is 12.8 Å². The van der Waals surface area contributed by atoms with E-state index in [2.05, 4.69) is 4.74 Å². The van der Waals surface area contributed by atoms with Gasteiger partial charge in [0.1, 0.15) is 6.61 Å². The maximum atomic E-state index is 11.6. The van der Waals surface area contributed by atoms with Gasteiger partial charge in [0, 0.05) is 6.61 Å². The van der Waals surface area contributed by atoms with Crippen molar-refractivity contribution < 1.29 is 27.4 Å². The lowest BCUT2D eigenvalue weighted by Crippen LogP contribution is -2.28. The lowest BCUT2D eigenvalue weighted by atomic mass is 10.2. The van der Waals surface area contributed by atoms with E-state index in [1.807, 2.05) is 0 Å². The third-order valence-electron chi connectivity index (χ3n) is 1.66. The number of hydrogen-bond acceptors (Lipinski definition) is 3. The summed E-state index contributed by atoms with van der Waals surface area (Å²) in [5.41, 5.74) is 0. The molecule has 3 nitrogen and oxygen atoms in total. The van der Waals surface area contributed by atoms with Gasteiger partial charge in [0.2, 0.25) is 0 Å². The summed E-state index contributed by atoms with van der Waals surface area (Å²) in [6.07, 6.45) is -3.83. The van der Waals surface area contributed by atoms with Gasteiger partial charge in [-0.2, -0.15) is 13.2 Å². The molecule has 1 rings (SSSR count). The lowest BCUT2D eigenvalue weighted by molar-refractivity contribution is -0.202. The van der Waals surface area contributed by atoms with E-state index < -0.39 is 12.1 Å². The monoisotopic (exact) mass is 198 g/mol. The van der Waals surface area contributed by atoms with Crippen LogP contribution < -0.4 is 0 Å². The third kappa shape index (κ3) is 3.22. The second kappa shape index (κ2) is 3.95. The van der Waals surface area contributed by atoms with Crippen LogP contribution in [0.2, 0.25) is 0 Å². The molecule has 0 aliphatic carbocycles. The predicted molar refractivity (Wildman–Crippen MR) is 36.0 cm³/mol. The van der Waals surface area contributed by atoms with Crippen LogP contribution in [0, 0.1) is 0 Å². The number of halogens is 3. The summed E-state index contributed by atoms with van der Waals surface area (Å²) in [5.74, 6) is -2.15. The van der Waals surface area contributed by atoms with E-state index in [0.717, 1.165) is 6.42 Å². The molecule has 0 aromatic rings. The maximum Gasteiger partial charge on any atom is 0.490 e. The van der Waals surface area contributed by atoms with Crippen molar-refractivity contribution in [1.29, 1.82) is 0 Å². The fourth-order valence-corrected chi connectivity index (χ4v) is 1.03. The molecule has 1 saturated heterocycles. The van der Waals surface area contributed by atoms with Gasteiger partial charge in [0.15, 0.2) is 0 Å². The van der Waals surface area contributed by atoms with Crippen molar-refractivity contribution in [1.82, 2.24) is 0 Å². The van der Waals surface area contributed by atoms with Gasteiger partial charge in [0.05, 0.1) is 6.10 Å². The molecule has 0 unspecified atom stereocenters. The van der Waals surface area contributed by atoms with E-state index in [1.165, 1.54) is 0 Å². The Morgan fingerprint density at radius 1 is 1.54 bits per heavy atom. The normalized spacial score (nSPS) is 23.2. The first-order chi connectivity index (χ1) is 6.00. The Balaban J connectivity index is 2.22. The van der Waals surface area contributed by atoms with Crippen LogP contribution in [0.25, 0.3) is 0 Å². The summed E-state index contributed by atoms with van der Waals surface area (Å²) in [6.45, 7) is 0.215. The van der Waals surface area contributed by atoms with E-state index in [9.17, 15) is 18.0 Å². The number of carbonyl (C=O) groups is 1. The molecule has 13 heavy (non-hydrogen) atoms. The van der Waals surface area contributed by atoms with Crippen LogP contribution in [0.15, 0.2) is 0 Å². The van der Waals surface area contributed by atoms with Crippen molar-refractivity contribution in [2.24, 2.45) is 0 Å². The Morgan fingerprint density at radius 3 is 2.69 bits per heavy atom. The minimum Gasteiger partial charge on any atom is -0.456 e. The van der Waals surface area contributed by atoms with E-state index in [4.69, 9.17) is 4.74 Å². The molecule has 1 atom stereocenters. The van der Waals surface area contributed by atoms with Crippen molar-refractivity contribution >= 4 is 5.97 Å². The summed E-state index contributed by atoms with van der Waals surface area (Å²) in [4.78, 5) is 10.2. The number of carbonyl (C=O) groups excluding carboxylic acids is 1. The molecule has 1 aliphatic heterocycles. The molecule has 0 saturated carbocycles. The molecule has 1 fully saturated rings. The predicted octanol–water partition coefficient (Wildman–Crippen LogP) is 1.27. The number of alkyl halides is 3. The average Bonchev–Trinajstić information content (AvgIpc) is 2.50. The van der Waals surface area contributed by atoms with Crippen LogP contribution in [0.3, 0.4) is 0 Å². The summed E-state index contributed by atoms with van der Waals surface area (Å²) < 4.78 is 43.8. The van der Waals surface area contributed by atoms with Gasteiger partial charge in [-0.15, -0.1) is 0 Å². The molecule has 0 amide bonds. The third-order valence-corrected chi connectivity index (χ3v) is 1.66. The molecular formula is C7H9F3O3. The highest BCUT2D eigenvalue weighted by atomic mass is 19.4. The molecule has 0 aromatic heterocycles. The summed E-state index contributed by atoms with van der Waals surface area (Å²) in [6, 6.07) is 0. The van der Waals surface area contributed by atoms with Crippen LogP contribution in [0.1, 0.15) is 12.8 Å². The van der Waals surface area contributed by atoms with Crippen molar-refractivity contribution in [3.8, 4) is 0 Å². The zero-order chi connectivity index (χ0) is 9.90. The molecule has 6 heteroatoms. The topological polar surface area (TPSA) is 35.5 Å². The Labute approximate surface area is 72.8 Å². The molecule has 0 radical (unpaired) electrons. The Hall–Kier alpha value is -0.780. The molecular weight excluding hydrogens is 189 g/mol. The smallest absolute Gasteiger partial charge is 0.456 e. The number of esters is 1.